The van der Waals surface area contributed by atoms with Crippen molar-refractivity contribution in [2.24, 2.45) is 0 Å². The second-order valence-corrected chi connectivity index (χ2v) is 6.22. The minimum Gasteiger partial charge on any atom is -0.363 e. The van der Waals surface area contributed by atoms with Crippen molar-refractivity contribution < 1.29 is 4.52 Å². The average molecular weight is 337 g/mol. The Hall–Kier alpha value is -3.05. The molecule has 4 rings (SSSR count). The number of para-hydroxylation sites is 1. The fourth-order valence-electron chi connectivity index (χ4n) is 2.65. The number of fused-ring (bicyclic) bond motifs is 2. The van der Waals surface area contributed by atoms with Crippen LogP contribution in [0.4, 0.5) is 0 Å². The maximum Gasteiger partial charge on any atom is 0.285 e. The van der Waals surface area contributed by atoms with Gasteiger partial charge in [-0.25, -0.2) is 0 Å². The number of aromatic nitrogens is 4. The van der Waals surface area contributed by atoms with E-state index in [1.165, 1.54) is 22.5 Å². The zero-order chi connectivity index (χ0) is 16.7. The highest BCUT2D eigenvalue weighted by Gasteiger charge is 2.23. The second kappa shape index (κ2) is 5.54. The number of thioether (sulfide) groups is 1. The van der Waals surface area contributed by atoms with Gasteiger partial charge in [-0.05, 0) is 17.9 Å². The molecule has 118 valence electrons. The van der Waals surface area contributed by atoms with Crippen LogP contribution in [0, 0.1) is 11.3 Å². The molecule has 7 nitrogen and oxygen atoms in total. The molecule has 0 N–H and O–H groups in total. The first kappa shape index (κ1) is 14.5. The van der Waals surface area contributed by atoms with Crippen molar-refractivity contribution >= 4 is 28.3 Å². The number of pyridine rings is 1. The van der Waals surface area contributed by atoms with E-state index in [-0.39, 0.29) is 22.0 Å². The maximum absolute atomic E-state index is 12.7. The van der Waals surface area contributed by atoms with E-state index in [2.05, 4.69) is 16.3 Å². The van der Waals surface area contributed by atoms with E-state index in [0.29, 0.717) is 10.8 Å². The molecule has 0 aliphatic heterocycles. The molecule has 0 saturated heterocycles. The first-order chi connectivity index (χ1) is 11.8. The standard InChI is InChI=1S/C16H11N5O2S/c1-2-24-16-18-21-14(20(16)10-6-4-3-5-7-10)11(8-17)13-12(15(21)22)9-23-19-13/h3-7,9H,2H2,1H3. The fourth-order valence-corrected chi connectivity index (χ4v) is 3.36. The van der Waals surface area contributed by atoms with Crippen LogP contribution in [0.15, 0.2) is 51.1 Å². The Morgan fingerprint density at radius 3 is 2.83 bits per heavy atom. The van der Waals surface area contributed by atoms with Crippen molar-refractivity contribution in [1.82, 2.24) is 19.3 Å². The molecule has 4 aromatic rings. The highest BCUT2D eigenvalue weighted by molar-refractivity contribution is 7.99. The Balaban J connectivity index is 2.24. The van der Waals surface area contributed by atoms with Crippen LogP contribution in [0.1, 0.15) is 12.5 Å². The summed E-state index contributed by atoms with van der Waals surface area (Å²) in [5.41, 5.74) is 1.38. The minimum atomic E-state index is -0.354. The molecule has 0 atom stereocenters. The van der Waals surface area contributed by atoms with Crippen LogP contribution in [0.2, 0.25) is 0 Å². The first-order valence-corrected chi connectivity index (χ1v) is 8.25. The summed E-state index contributed by atoms with van der Waals surface area (Å²) in [4.78, 5) is 12.7. The lowest BCUT2D eigenvalue weighted by molar-refractivity contribution is 0.428. The number of hydrogen-bond donors (Lipinski definition) is 0. The summed E-state index contributed by atoms with van der Waals surface area (Å²) >= 11 is 1.50. The van der Waals surface area contributed by atoms with Crippen LogP contribution in [0.3, 0.4) is 0 Å². The van der Waals surface area contributed by atoms with Crippen LogP contribution in [0.25, 0.3) is 22.2 Å². The third-order valence-corrected chi connectivity index (χ3v) is 4.45. The van der Waals surface area contributed by atoms with Crippen LogP contribution in [0.5, 0.6) is 0 Å². The predicted octanol–water partition coefficient (Wildman–Crippen LogP) is 2.61. The Labute approximate surface area is 140 Å². The van der Waals surface area contributed by atoms with Gasteiger partial charge < -0.3 is 4.52 Å². The number of benzene rings is 1. The van der Waals surface area contributed by atoms with E-state index >= 15 is 0 Å². The molecule has 3 aromatic heterocycles. The van der Waals surface area contributed by atoms with Gasteiger partial charge >= 0.3 is 0 Å². The molecule has 0 saturated carbocycles. The molecule has 0 fully saturated rings. The molecule has 24 heavy (non-hydrogen) atoms. The van der Waals surface area contributed by atoms with Crippen molar-refractivity contribution in [1.29, 1.82) is 5.26 Å². The van der Waals surface area contributed by atoms with Gasteiger partial charge in [0.05, 0.1) is 0 Å². The molecular formula is C16H11N5O2S. The summed E-state index contributed by atoms with van der Waals surface area (Å²) in [6, 6.07) is 11.6. The van der Waals surface area contributed by atoms with Gasteiger partial charge in [-0.15, -0.1) is 5.10 Å². The third kappa shape index (κ3) is 1.95. The van der Waals surface area contributed by atoms with Crippen LogP contribution in [-0.4, -0.2) is 25.1 Å². The lowest BCUT2D eigenvalue weighted by atomic mass is 10.2. The van der Waals surface area contributed by atoms with Crippen molar-refractivity contribution in [3.63, 3.8) is 0 Å². The summed E-state index contributed by atoms with van der Waals surface area (Å²) in [5, 5.41) is 18.8. The molecule has 0 aliphatic carbocycles. The van der Waals surface area contributed by atoms with Crippen molar-refractivity contribution in [3.8, 4) is 11.8 Å². The molecule has 3 heterocycles. The molecule has 1 aromatic carbocycles. The lowest BCUT2D eigenvalue weighted by Gasteiger charge is -2.07. The fraction of sp³-hybridized carbons (Fsp3) is 0.125. The summed E-state index contributed by atoms with van der Waals surface area (Å²) in [7, 11) is 0. The van der Waals surface area contributed by atoms with Gasteiger partial charge in [-0.2, -0.15) is 9.78 Å². The average Bonchev–Trinajstić information content (AvgIpc) is 3.22. The normalized spacial score (nSPS) is 11.2. The Morgan fingerprint density at radius 2 is 2.12 bits per heavy atom. The Morgan fingerprint density at radius 1 is 1.33 bits per heavy atom. The quantitative estimate of drug-likeness (QED) is 0.534. The highest BCUT2D eigenvalue weighted by Crippen LogP contribution is 2.27. The van der Waals surface area contributed by atoms with Crippen molar-refractivity contribution in [2.45, 2.75) is 12.1 Å². The number of nitrogens with zero attached hydrogens (tertiary/aromatic N) is 5. The Bertz CT molecular complexity index is 1150. The monoisotopic (exact) mass is 337 g/mol. The minimum absolute atomic E-state index is 0.245. The smallest absolute Gasteiger partial charge is 0.285 e. The maximum atomic E-state index is 12.7. The summed E-state index contributed by atoms with van der Waals surface area (Å²) in [5.74, 6) is 0.784. The van der Waals surface area contributed by atoms with E-state index in [4.69, 9.17) is 4.52 Å². The van der Waals surface area contributed by atoms with E-state index < -0.39 is 0 Å². The zero-order valence-electron chi connectivity index (χ0n) is 12.6. The Kier molecular flexibility index (Phi) is 3.36. The van der Waals surface area contributed by atoms with E-state index in [1.807, 2.05) is 41.8 Å². The van der Waals surface area contributed by atoms with Crippen molar-refractivity contribution in [2.75, 3.05) is 5.75 Å². The molecule has 8 heteroatoms. The van der Waals surface area contributed by atoms with Gasteiger partial charge in [0.25, 0.3) is 5.56 Å². The van der Waals surface area contributed by atoms with Crippen LogP contribution < -0.4 is 5.56 Å². The number of rotatable bonds is 3. The third-order valence-electron chi connectivity index (χ3n) is 3.64. The number of nitriles is 1. The first-order valence-electron chi connectivity index (χ1n) is 7.26. The van der Waals surface area contributed by atoms with Gasteiger partial charge in [0.15, 0.2) is 10.8 Å². The molecule has 0 unspecified atom stereocenters. The van der Waals surface area contributed by atoms with E-state index in [1.54, 1.807) is 0 Å². The van der Waals surface area contributed by atoms with E-state index in [9.17, 15) is 10.1 Å². The topological polar surface area (TPSA) is 89.1 Å². The molecule has 0 bridgehead atoms. The van der Waals surface area contributed by atoms with Crippen molar-refractivity contribution in [3.05, 3.63) is 52.5 Å². The van der Waals surface area contributed by atoms with Gasteiger partial charge in [0, 0.05) is 5.69 Å². The van der Waals surface area contributed by atoms with Gasteiger partial charge in [0.1, 0.15) is 28.8 Å². The molecule has 0 radical (unpaired) electrons. The van der Waals surface area contributed by atoms with Gasteiger partial charge in [-0.3, -0.25) is 9.36 Å². The summed E-state index contributed by atoms with van der Waals surface area (Å²) in [6.45, 7) is 2.00. The molecular weight excluding hydrogens is 326 g/mol. The lowest BCUT2D eigenvalue weighted by Crippen LogP contribution is -2.15. The van der Waals surface area contributed by atoms with Gasteiger partial charge in [0.2, 0.25) is 0 Å². The SMILES string of the molecule is CCSc1nn2c(=O)c3conc3c(C#N)c2n1-c1ccccc1. The van der Waals surface area contributed by atoms with Gasteiger partial charge in [-0.1, -0.05) is 42.0 Å². The molecule has 0 amide bonds. The highest BCUT2D eigenvalue weighted by atomic mass is 32.2. The molecule has 0 spiro atoms. The van der Waals surface area contributed by atoms with E-state index in [0.717, 1.165) is 11.4 Å². The predicted molar refractivity (Wildman–Crippen MR) is 89.5 cm³/mol. The van der Waals surface area contributed by atoms with Crippen LogP contribution in [-0.2, 0) is 0 Å². The summed E-state index contributed by atoms with van der Waals surface area (Å²) < 4.78 is 7.96. The number of hydrogen-bond acceptors (Lipinski definition) is 6. The zero-order valence-corrected chi connectivity index (χ0v) is 13.4. The molecule has 0 aliphatic rings. The second-order valence-electron chi connectivity index (χ2n) is 4.99. The summed E-state index contributed by atoms with van der Waals surface area (Å²) in [6.07, 6.45) is 1.25. The largest absolute Gasteiger partial charge is 0.363 e. The van der Waals surface area contributed by atoms with Crippen LogP contribution >= 0.6 is 11.8 Å².